The molecule has 0 aliphatic heterocycles. The van der Waals surface area contributed by atoms with Gasteiger partial charge in [-0.3, -0.25) is 20.2 Å². The largest absolute Gasteiger partial charge is 0.502 e. The Kier molecular flexibility index (Phi) is 3.78. The van der Waals surface area contributed by atoms with E-state index in [1.807, 2.05) is 0 Å². The molecular weight excluding hydrogens is 236 g/mol. The lowest BCUT2D eigenvalue weighted by molar-refractivity contribution is -0.395. The minimum Gasteiger partial charge on any atom is -0.502 e. The lowest BCUT2D eigenvalue weighted by atomic mass is 10.2. The summed E-state index contributed by atoms with van der Waals surface area (Å²) in [4.78, 5) is 19.3. The molecule has 0 heterocycles. The van der Waals surface area contributed by atoms with E-state index in [4.69, 9.17) is 9.84 Å². The second-order valence-corrected chi connectivity index (χ2v) is 2.89. The molecule has 0 amide bonds. The molecule has 17 heavy (non-hydrogen) atoms. The molecule has 2 N–H and O–H groups in total. The minimum atomic E-state index is -0.946. The smallest absolute Gasteiger partial charge is 0.318 e. The van der Waals surface area contributed by atoms with Crippen molar-refractivity contribution in [2.75, 3.05) is 13.2 Å². The number of phenols is 1. The van der Waals surface area contributed by atoms with E-state index in [9.17, 15) is 25.3 Å². The van der Waals surface area contributed by atoms with Gasteiger partial charge < -0.3 is 14.9 Å². The number of aliphatic hydroxyl groups is 1. The summed E-state index contributed by atoms with van der Waals surface area (Å²) in [5.41, 5.74) is -1.43. The summed E-state index contributed by atoms with van der Waals surface area (Å²) in [6.07, 6.45) is 0. The molecule has 0 saturated heterocycles. The van der Waals surface area contributed by atoms with Gasteiger partial charge in [-0.25, -0.2) is 0 Å². The zero-order valence-electron chi connectivity index (χ0n) is 8.40. The molecule has 1 rings (SSSR count). The molecule has 1 aromatic carbocycles. The van der Waals surface area contributed by atoms with Crippen LogP contribution in [0.1, 0.15) is 0 Å². The highest BCUT2D eigenvalue weighted by atomic mass is 16.6. The molecule has 0 unspecified atom stereocenters. The first-order valence-corrected chi connectivity index (χ1v) is 4.36. The maximum atomic E-state index is 10.6. The standard InChI is InChI=1S/C8H8N2O7/c11-1-2-17-8-4-7(12)5(9(13)14)3-6(8)10(15)16/h3-4,11-12H,1-2H2. The summed E-state index contributed by atoms with van der Waals surface area (Å²) in [5.74, 6) is -1.08. The van der Waals surface area contributed by atoms with Crippen molar-refractivity contribution in [3.63, 3.8) is 0 Å². The highest BCUT2D eigenvalue weighted by Crippen LogP contribution is 2.38. The van der Waals surface area contributed by atoms with Gasteiger partial charge in [-0.05, 0) is 0 Å². The number of nitrogens with zero attached hydrogens (tertiary/aromatic N) is 2. The number of aliphatic hydroxyl groups excluding tert-OH is 1. The maximum Gasteiger partial charge on any atom is 0.318 e. The van der Waals surface area contributed by atoms with E-state index in [0.717, 1.165) is 6.07 Å². The Morgan fingerprint density at radius 3 is 2.24 bits per heavy atom. The molecule has 0 fully saturated rings. The number of hydrogen-bond donors (Lipinski definition) is 2. The second kappa shape index (κ2) is 5.07. The quantitative estimate of drug-likeness (QED) is 0.570. The average Bonchev–Trinajstić information content (AvgIpc) is 2.25. The Morgan fingerprint density at radius 2 is 1.76 bits per heavy atom. The topological polar surface area (TPSA) is 136 Å². The van der Waals surface area contributed by atoms with Crippen LogP contribution in [0, 0.1) is 20.2 Å². The molecule has 0 saturated carbocycles. The van der Waals surface area contributed by atoms with Crippen LogP contribution in [0.2, 0.25) is 0 Å². The van der Waals surface area contributed by atoms with Crippen molar-refractivity contribution in [1.82, 2.24) is 0 Å². The zero-order valence-corrected chi connectivity index (χ0v) is 8.40. The van der Waals surface area contributed by atoms with Crippen molar-refractivity contribution >= 4 is 11.4 Å². The maximum absolute atomic E-state index is 10.6. The van der Waals surface area contributed by atoms with Gasteiger partial charge in [-0.15, -0.1) is 0 Å². The van der Waals surface area contributed by atoms with Gasteiger partial charge in [-0.1, -0.05) is 0 Å². The fourth-order valence-electron chi connectivity index (χ4n) is 1.11. The summed E-state index contributed by atoms with van der Waals surface area (Å²) in [7, 11) is 0. The van der Waals surface area contributed by atoms with Gasteiger partial charge in [0, 0.05) is 6.07 Å². The van der Waals surface area contributed by atoms with Crippen LogP contribution in [0.3, 0.4) is 0 Å². The first-order chi connectivity index (χ1) is 7.97. The number of phenolic OH excluding ortho intramolecular Hbond substituents is 1. The second-order valence-electron chi connectivity index (χ2n) is 2.89. The van der Waals surface area contributed by atoms with E-state index in [1.165, 1.54) is 0 Å². The average molecular weight is 244 g/mol. The minimum absolute atomic E-state index is 0.224. The van der Waals surface area contributed by atoms with Crippen molar-refractivity contribution in [3.05, 3.63) is 32.4 Å². The third-order valence-corrected chi connectivity index (χ3v) is 1.80. The predicted octanol–water partition coefficient (Wildman–Crippen LogP) is 0.580. The number of hydrogen-bond acceptors (Lipinski definition) is 7. The Labute approximate surface area is 94.2 Å². The van der Waals surface area contributed by atoms with Gasteiger partial charge in [-0.2, -0.15) is 0 Å². The van der Waals surface area contributed by atoms with Crippen LogP contribution in [-0.4, -0.2) is 33.3 Å². The van der Waals surface area contributed by atoms with Crippen LogP contribution >= 0.6 is 0 Å². The van der Waals surface area contributed by atoms with Crippen LogP contribution in [0.25, 0.3) is 0 Å². The van der Waals surface area contributed by atoms with Gasteiger partial charge in [0.2, 0.25) is 5.75 Å². The summed E-state index contributed by atoms with van der Waals surface area (Å²) >= 11 is 0. The van der Waals surface area contributed by atoms with Gasteiger partial charge in [0.05, 0.1) is 16.5 Å². The van der Waals surface area contributed by atoms with Crippen molar-refractivity contribution < 1.29 is 24.8 Å². The molecule has 0 aliphatic rings. The Balaban J connectivity index is 3.25. The van der Waals surface area contributed by atoms with E-state index in [1.54, 1.807) is 0 Å². The van der Waals surface area contributed by atoms with Gasteiger partial charge in [0.15, 0.2) is 5.75 Å². The van der Waals surface area contributed by atoms with E-state index >= 15 is 0 Å². The Morgan fingerprint density at radius 1 is 1.18 bits per heavy atom. The van der Waals surface area contributed by atoms with E-state index in [-0.39, 0.29) is 19.0 Å². The van der Waals surface area contributed by atoms with Crippen LogP contribution < -0.4 is 4.74 Å². The van der Waals surface area contributed by atoms with E-state index in [0.29, 0.717) is 6.07 Å². The fourth-order valence-corrected chi connectivity index (χ4v) is 1.11. The van der Waals surface area contributed by atoms with Crippen LogP contribution in [0.5, 0.6) is 11.5 Å². The number of nitro groups is 2. The molecule has 0 spiro atoms. The molecule has 0 aliphatic carbocycles. The predicted molar refractivity (Wildman–Crippen MR) is 54.0 cm³/mol. The van der Waals surface area contributed by atoms with Crippen molar-refractivity contribution in [2.45, 2.75) is 0 Å². The lowest BCUT2D eigenvalue weighted by Gasteiger charge is -2.05. The van der Waals surface area contributed by atoms with Crippen molar-refractivity contribution in [1.29, 1.82) is 0 Å². The summed E-state index contributed by atoms with van der Waals surface area (Å²) in [6, 6.07) is 1.37. The summed E-state index contributed by atoms with van der Waals surface area (Å²) in [5, 5.41) is 38.9. The normalized spacial score (nSPS) is 9.94. The lowest BCUT2D eigenvalue weighted by Crippen LogP contribution is -2.04. The van der Waals surface area contributed by atoms with E-state index in [2.05, 4.69) is 0 Å². The highest BCUT2D eigenvalue weighted by molar-refractivity contribution is 5.60. The van der Waals surface area contributed by atoms with Crippen molar-refractivity contribution in [3.8, 4) is 11.5 Å². The number of rotatable bonds is 5. The van der Waals surface area contributed by atoms with Gasteiger partial charge >= 0.3 is 11.4 Å². The summed E-state index contributed by atoms with van der Waals surface area (Å²) in [6.45, 7) is -0.604. The molecular formula is C8H8N2O7. The SMILES string of the molecule is O=[N+]([O-])c1cc([N+](=O)[O-])c(OCCO)cc1O. The first kappa shape index (κ1) is 12.6. The molecule has 1 aromatic rings. The fraction of sp³-hybridized carbons (Fsp3) is 0.250. The zero-order chi connectivity index (χ0) is 13.0. The molecule has 92 valence electrons. The van der Waals surface area contributed by atoms with Crippen LogP contribution in [0.15, 0.2) is 12.1 Å². The molecule has 0 bridgehead atoms. The van der Waals surface area contributed by atoms with E-state index < -0.39 is 27.0 Å². The Bertz CT molecular complexity index is 459. The monoisotopic (exact) mass is 244 g/mol. The van der Waals surface area contributed by atoms with Gasteiger partial charge in [0.25, 0.3) is 0 Å². The molecule has 9 heteroatoms. The van der Waals surface area contributed by atoms with Crippen LogP contribution in [0.4, 0.5) is 11.4 Å². The number of nitro benzene ring substituents is 2. The molecule has 0 radical (unpaired) electrons. The van der Waals surface area contributed by atoms with Crippen molar-refractivity contribution in [2.24, 2.45) is 0 Å². The molecule has 0 atom stereocenters. The highest BCUT2D eigenvalue weighted by Gasteiger charge is 2.25. The number of aromatic hydroxyl groups is 1. The number of ether oxygens (including phenoxy) is 1. The molecule has 9 nitrogen and oxygen atoms in total. The van der Waals surface area contributed by atoms with Crippen LogP contribution in [-0.2, 0) is 0 Å². The Hall–Kier alpha value is -2.42. The first-order valence-electron chi connectivity index (χ1n) is 4.36. The molecule has 0 aromatic heterocycles. The number of benzene rings is 1. The third-order valence-electron chi connectivity index (χ3n) is 1.80. The van der Waals surface area contributed by atoms with Gasteiger partial charge in [0.1, 0.15) is 12.7 Å². The summed E-state index contributed by atoms with van der Waals surface area (Å²) < 4.78 is 4.79. The third kappa shape index (κ3) is 2.78.